The van der Waals surface area contributed by atoms with Crippen LogP contribution in [-0.4, -0.2) is 5.91 Å². The third kappa shape index (κ3) is 4.39. The van der Waals surface area contributed by atoms with Crippen molar-refractivity contribution < 1.29 is 9.53 Å². The van der Waals surface area contributed by atoms with Crippen molar-refractivity contribution in [2.45, 2.75) is 6.92 Å². The number of anilines is 1. The van der Waals surface area contributed by atoms with Gasteiger partial charge in [-0.05, 0) is 64.8 Å². The highest BCUT2D eigenvalue weighted by Gasteiger charge is 2.12. The molecule has 0 atom stereocenters. The first-order chi connectivity index (χ1) is 12.4. The summed E-state index contributed by atoms with van der Waals surface area (Å²) >= 11 is 15.7. The van der Waals surface area contributed by atoms with Gasteiger partial charge in [0, 0.05) is 22.3 Å². The highest BCUT2D eigenvalue weighted by Crippen LogP contribution is 2.35. The zero-order valence-electron chi connectivity index (χ0n) is 13.7. The van der Waals surface area contributed by atoms with Crippen LogP contribution in [0.3, 0.4) is 0 Å². The maximum Gasteiger partial charge on any atom is 0.255 e. The van der Waals surface area contributed by atoms with Crippen molar-refractivity contribution in [2.75, 3.05) is 5.32 Å². The fourth-order valence-corrected chi connectivity index (χ4v) is 3.02. The summed E-state index contributed by atoms with van der Waals surface area (Å²) in [5.74, 6) is 0.732. The summed E-state index contributed by atoms with van der Waals surface area (Å²) in [6.45, 7) is 1.93. The number of benzene rings is 3. The molecule has 0 bridgehead atoms. The molecule has 1 amide bonds. The smallest absolute Gasteiger partial charge is 0.255 e. The number of hydrogen-bond acceptors (Lipinski definition) is 2. The summed E-state index contributed by atoms with van der Waals surface area (Å²) in [6, 6.07) is 17.7. The van der Waals surface area contributed by atoms with Crippen LogP contribution in [-0.2, 0) is 0 Å². The second-order valence-electron chi connectivity index (χ2n) is 5.59. The van der Waals surface area contributed by atoms with E-state index in [9.17, 15) is 4.79 Å². The Morgan fingerprint density at radius 1 is 1.00 bits per heavy atom. The normalized spacial score (nSPS) is 10.5. The Kier molecular flexibility index (Phi) is 5.87. The molecule has 0 heterocycles. The van der Waals surface area contributed by atoms with E-state index in [4.69, 9.17) is 27.9 Å². The molecule has 3 rings (SSSR count). The fourth-order valence-electron chi connectivity index (χ4n) is 2.31. The average Bonchev–Trinajstić information content (AvgIpc) is 2.61. The molecular weight excluding hydrogens is 437 g/mol. The van der Waals surface area contributed by atoms with Crippen LogP contribution < -0.4 is 10.1 Å². The van der Waals surface area contributed by atoms with Gasteiger partial charge < -0.3 is 10.1 Å². The van der Waals surface area contributed by atoms with Crippen LogP contribution in [0, 0.1) is 6.92 Å². The SMILES string of the molecule is Cc1ccccc1NC(=O)c1ccc(Oc2cc(Cl)ccc2Br)c(Cl)c1. The highest BCUT2D eigenvalue weighted by molar-refractivity contribution is 9.10. The number of carbonyl (C=O) groups is 1. The van der Waals surface area contributed by atoms with Crippen LogP contribution in [0.4, 0.5) is 5.69 Å². The van der Waals surface area contributed by atoms with Crippen molar-refractivity contribution in [2.24, 2.45) is 0 Å². The van der Waals surface area contributed by atoms with E-state index >= 15 is 0 Å². The molecule has 0 radical (unpaired) electrons. The first kappa shape index (κ1) is 18.8. The molecular formula is C20H14BrCl2NO2. The first-order valence-corrected chi connectivity index (χ1v) is 9.28. The molecule has 6 heteroatoms. The molecule has 0 fully saturated rings. The summed E-state index contributed by atoms with van der Waals surface area (Å²) in [7, 11) is 0. The minimum Gasteiger partial charge on any atom is -0.455 e. The predicted molar refractivity (Wildman–Crippen MR) is 110 cm³/mol. The Morgan fingerprint density at radius 2 is 1.77 bits per heavy atom. The van der Waals surface area contributed by atoms with Gasteiger partial charge in [-0.2, -0.15) is 0 Å². The number of nitrogens with one attached hydrogen (secondary N) is 1. The van der Waals surface area contributed by atoms with E-state index in [0.29, 0.717) is 27.1 Å². The molecule has 0 saturated heterocycles. The van der Waals surface area contributed by atoms with Gasteiger partial charge in [-0.15, -0.1) is 0 Å². The molecule has 0 aromatic heterocycles. The van der Waals surface area contributed by atoms with E-state index in [2.05, 4.69) is 21.2 Å². The van der Waals surface area contributed by atoms with Gasteiger partial charge in [0.2, 0.25) is 0 Å². The second kappa shape index (κ2) is 8.12. The Hall–Kier alpha value is -2.01. The quantitative estimate of drug-likeness (QED) is 0.459. The second-order valence-corrected chi connectivity index (χ2v) is 7.29. The number of carbonyl (C=O) groups excluding carboxylic acids is 1. The number of hydrogen-bond donors (Lipinski definition) is 1. The lowest BCUT2D eigenvalue weighted by atomic mass is 10.1. The molecule has 0 unspecified atom stereocenters. The molecule has 0 aliphatic rings. The van der Waals surface area contributed by atoms with Gasteiger partial charge in [0.15, 0.2) is 0 Å². The van der Waals surface area contributed by atoms with E-state index in [1.54, 1.807) is 36.4 Å². The van der Waals surface area contributed by atoms with Crippen molar-refractivity contribution in [3.63, 3.8) is 0 Å². The molecule has 0 aliphatic heterocycles. The Bertz CT molecular complexity index is 976. The zero-order chi connectivity index (χ0) is 18.7. The number of para-hydroxylation sites is 1. The summed E-state index contributed by atoms with van der Waals surface area (Å²) in [4.78, 5) is 12.5. The Morgan fingerprint density at radius 3 is 2.50 bits per heavy atom. The summed E-state index contributed by atoms with van der Waals surface area (Å²) in [5, 5.41) is 3.75. The molecule has 1 N–H and O–H groups in total. The summed E-state index contributed by atoms with van der Waals surface area (Å²) in [6.07, 6.45) is 0. The van der Waals surface area contributed by atoms with Crippen molar-refractivity contribution in [1.82, 2.24) is 0 Å². The van der Waals surface area contributed by atoms with Gasteiger partial charge in [-0.3, -0.25) is 4.79 Å². The molecule has 3 aromatic carbocycles. The van der Waals surface area contributed by atoms with E-state index in [-0.39, 0.29) is 5.91 Å². The Labute approximate surface area is 170 Å². The van der Waals surface area contributed by atoms with Crippen LogP contribution in [0.15, 0.2) is 65.1 Å². The van der Waals surface area contributed by atoms with E-state index < -0.39 is 0 Å². The number of ether oxygens (including phenoxy) is 1. The van der Waals surface area contributed by atoms with Crippen molar-refractivity contribution >= 4 is 50.7 Å². The average molecular weight is 451 g/mol. The van der Waals surface area contributed by atoms with Crippen LogP contribution >= 0.6 is 39.1 Å². The van der Waals surface area contributed by atoms with Crippen molar-refractivity contribution in [3.05, 3.63) is 86.3 Å². The lowest BCUT2D eigenvalue weighted by Crippen LogP contribution is -2.12. The van der Waals surface area contributed by atoms with Gasteiger partial charge in [0.05, 0.1) is 9.50 Å². The number of aryl methyl sites for hydroxylation is 1. The maximum absolute atomic E-state index is 12.5. The number of amides is 1. The summed E-state index contributed by atoms with van der Waals surface area (Å²) < 4.78 is 6.55. The molecule has 0 aliphatic carbocycles. The van der Waals surface area contributed by atoms with Crippen LogP contribution in [0.25, 0.3) is 0 Å². The van der Waals surface area contributed by atoms with E-state index in [1.807, 2.05) is 31.2 Å². The lowest BCUT2D eigenvalue weighted by molar-refractivity contribution is 0.102. The minimum atomic E-state index is -0.239. The zero-order valence-corrected chi connectivity index (χ0v) is 16.8. The van der Waals surface area contributed by atoms with Gasteiger partial charge in [-0.25, -0.2) is 0 Å². The van der Waals surface area contributed by atoms with Gasteiger partial charge in [0.1, 0.15) is 11.5 Å². The third-order valence-electron chi connectivity index (χ3n) is 3.70. The van der Waals surface area contributed by atoms with Crippen LogP contribution in [0.5, 0.6) is 11.5 Å². The molecule has 26 heavy (non-hydrogen) atoms. The monoisotopic (exact) mass is 449 g/mol. The topological polar surface area (TPSA) is 38.3 Å². The maximum atomic E-state index is 12.5. The van der Waals surface area contributed by atoms with Gasteiger partial charge >= 0.3 is 0 Å². The largest absolute Gasteiger partial charge is 0.455 e. The summed E-state index contributed by atoms with van der Waals surface area (Å²) in [5.41, 5.74) is 2.19. The molecule has 3 aromatic rings. The molecule has 132 valence electrons. The van der Waals surface area contributed by atoms with E-state index in [1.165, 1.54) is 0 Å². The fraction of sp³-hybridized carbons (Fsp3) is 0.0500. The molecule has 3 nitrogen and oxygen atoms in total. The highest BCUT2D eigenvalue weighted by atomic mass is 79.9. The van der Waals surface area contributed by atoms with Crippen LogP contribution in [0.2, 0.25) is 10.0 Å². The predicted octanol–water partition coefficient (Wildman–Crippen LogP) is 7.11. The van der Waals surface area contributed by atoms with Crippen LogP contribution in [0.1, 0.15) is 15.9 Å². The van der Waals surface area contributed by atoms with Gasteiger partial charge in [0.25, 0.3) is 5.91 Å². The first-order valence-electron chi connectivity index (χ1n) is 7.73. The minimum absolute atomic E-state index is 0.239. The lowest BCUT2D eigenvalue weighted by Gasteiger charge is -2.12. The van der Waals surface area contributed by atoms with Gasteiger partial charge in [-0.1, -0.05) is 41.4 Å². The molecule has 0 saturated carbocycles. The van der Waals surface area contributed by atoms with E-state index in [0.717, 1.165) is 15.7 Å². The number of halogens is 3. The number of rotatable bonds is 4. The standard InChI is InChI=1S/C20H14BrCl2NO2/c1-12-4-2-3-5-17(12)24-20(25)13-6-9-18(16(23)10-13)26-19-11-14(22)7-8-15(19)21/h2-11H,1H3,(H,24,25). The van der Waals surface area contributed by atoms with Crippen molar-refractivity contribution in [3.8, 4) is 11.5 Å². The van der Waals surface area contributed by atoms with Crippen molar-refractivity contribution in [1.29, 1.82) is 0 Å². The third-order valence-corrected chi connectivity index (χ3v) is 4.89. The Balaban J connectivity index is 1.80. The molecule has 0 spiro atoms.